The topological polar surface area (TPSA) is 73.7 Å². The Kier molecular flexibility index (Phi) is 2.09. The minimum absolute atomic E-state index is 0.0463. The molecule has 2 rings (SSSR count). The van der Waals surface area contributed by atoms with Crippen molar-refractivity contribution < 1.29 is 15.0 Å². The van der Waals surface area contributed by atoms with Crippen molar-refractivity contribution in [2.24, 2.45) is 0 Å². The second-order valence-electron chi connectivity index (χ2n) is 3.21. The molecule has 1 saturated heterocycles. The molecule has 5 nitrogen and oxygen atoms in total. The van der Waals surface area contributed by atoms with Gasteiger partial charge in [-0.25, -0.2) is 4.98 Å². The molecular formula is C9H10N2O3. The summed E-state index contributed by atoms with van der Waals surface area (Å²) in [5, 5.41) is 18.7. The van der Waals surface area contributed by atoms with E-state index < -0.39 is 6.10 Å². The minimum Gasteiger partial charge on any atom is -0.504 e. The van der Waals surface area contributed by atoms with E-state index in [4.69, 9.17) is 0 Å². The average molecular weight is 194 g/mol. The summed E-state index contributed by atoms with van der Waals surface area (Å²) < 4.78 is 0. The zero-order chi connectivity index (χ0) is 10.1. The van der Waals surface area contributed by atoms with Crippen LogP contribution in [-0.2, 0) is 4.79 Å². The van der Waals surface area contributed by atoms with Crippen molar-refractivity contribution in [2.75, 3.05) is 11.4 Å². The van der Waals surface area contributed by atoms with Gasteiger partial charge in [0.2, 0.25) is 5.91 Å². The van der Waals surface area contributed by atoms with E-state index in [-0.39, 0.29) is 30.4 Å². The largest absolute Gasteiger partial charge is 0.504 e. The van der Waals surface area contributed by atoms with Crippen LogP contribution >= 0.6 is 0 Å². The van der Waals surface area contributed by atoms with Gasteiger partial charge >= 0.3 is 0 Å². The molecule has 74 valence electrons. The van der Waals surface area contributed by atoms with E-state index in [0.29, 0.717) is 0 Å². The SMILES string of the molecule is O=C1CC(O)CN1c1ncccc1O. The Labute approximate surface area is 80.6 Å². The normalized spacial score (nSPS) is 21.6. The van der Waals surface area contributed by atoms with Crippen LogP contribution in [0.5, 0.6) is 5.75 Å². The van der Waals surface area contributed by atoms with Crippen molar-refractivity contribution in [2.45, 2.75) is 12.5 Å². The molecule has 1 amide bonds. The van der Waals surface area contributed by atoms with Gasteiger partial charge in [0.15, 0.2) is 11.6 Å². The molecule has 0 saturated carbocycles. The molecule has 1 aromatic heterocycles. The molecule has 1 aliphatic heterocycles. The third-order valence-corrected chi connectivity index (χ3v) is 2.13. The third-order valence-electron chi connectivity index (χ3n) is 2.13. The molecule has 2 N–H and O–H groups in total. The standard InChI is InChI=1S/C9H10N2O3/c12-6-4-8(14)11(5-6)9-7(13)2-1-3-10-9/h1-3,6,12-13H,4-5H2. The summed E-state index contributed by atoms with van der Waals surface area (Å²) in [7, 11) is 0. The monoisotopic (exact) mass is 194 g/mol. The number of hydrogen-bond acceptors (Lipinski definition) is 4. The molecule has 0 radical (unpaired) electrons. The van der Waals surface area contributed by atoms with Gasteiger partial charge in [-0.3, -0.25) is 9.69 Å². The van der Waals surface area contributed by atoms with Gasteiger partial charge in [0.25, 0.3) is 0 Å². The summed E-state index contributed by atoms with van der Waals surface area (Å²) in [5.74, 6) is -0.0458. The fourth-order valence-electron chi connectivity index (χ4n) is 1.49. The van der Waals surface area contributed by atoms with Gasteiger partial charge in [0.1, 0.15) is 0 Å². The lowest BCUT2D eigenvalue weighted by Crippen LogP contribution is -2.26. The fraction of sp³-hybridized carbons (Fsp3) is 0.333. The number of β-amino-alcohol motifs (C(OH)–C–C–N with tert-alkyl or cyclic N) is 1. The molecule has 5 heteroatoms. The predicted molar refractivity (Wildman–Crippen MR) is 48.9 cm³/mol. The molecular weight excluding hydrogens is 184 g/mol. The maximum atomic E-state index is 11.4. The highest BCUT2D eigenvalue weighted by Gasteiger charge is 2.31. The van der Waals surface area contributed by atoms with Crippen LogP contribution in [0.25, 0.3) is 0 Å². The molecule has 1 atom stereocenters. The molecule has 1 fully saturated rings. The van der Waals surface area contributed by atoms with Gasteiger partial charge in [-0.15, -0.1) is 0 Å². The van der Waals surface area contributed by atoms with Gasteiger partial charge in [0, 0.05) is 6.20 Å². The average Bonchev–Trinajstić information content (AvgIpc) is 2.46. The van der Waals surface area contributed by atoms with Crippen LogP contribution in [-0.4, -0.2) is 33.8 Å². The van der Waals surface area contributed by atoms with Crippen LogP contribution in [0.15, 0.2) is 18.3 Å². The number of carbonyl (C=O) groups excluding carboxylic acids is 1. The first kappa shape index (κ1) is 8.96. The first-order valence-corrected chi connectivity index (χ1v) is 4.31. The van der Waals surface area contributed by atoms with Gasteiger partial charge in [-0.05, 0) is 12.1 Å². The maximum Gasteiger partial charge on any atom is 0.231 e. The van der Waals surface area contributed by atoms with E-state index in [0.717, 1.165) is 0 Å². The van der Waals surface area contributed by atoms with Crippen molar-refractivity contribution in [1.29, 1.82) is 0 Å². The van der Waals surface area contributed by atoms with E-state index in [1.165, 1.54) is 17.2 Å². The number of amides is 1. The maximum absolute atomic E-state index is 11.4. The number of nitrogens with zero attached hydrogens (tertiary/aromatic N) is 2. The van der Waals surface area contributed by atoms with Gasteiger partial charge in [-0.2, -0.15) is 0 Å². The Morgan fingerprint density at radius 3 is 2.93 bits per heavy atom. The number of hydrogen-bond donors (Lipinski definition) is 2. The van der Waals surface area contributed by atoms with Gasteiger partial charge in [0.05, 0.1) is 19.1 Å². The Morgan fingerprint density at radius 1 is 1.57 bits per heavy atom. The molecule has 2 heterocycles. The third kappa shape index (κ3) is 1.42. The smallest absolute Gasteiger partial charge is 0.231 e. The zero-order valence-corrected chi connectivity index (χ0v) is 7.42. The number of aliphatic hydroxyl groups is 1. The summed E-state index contributed by atoms with van der Waals surface area (Å²) in [6.07, 6.45) is 0.923. The van der Waals surface area contributed by atoms with Gasteiger partial charge in [-0.1, -0.05) is 0 Å². The summed E-state index contributed by atoms with van der Waals surface area (Å²) in [4.78, 5) is 16.5. The molecule has 1 aliphatic rings. The number of rotatable bonds is 1. The van der Waals surface area contributed by atoms with Crippen LogP contribution in [0.2, 0.25) is 0 Å². The van der Waals surface area contributed by atoms with Crippen molar-refractivity contribution >= 4 is 11.7 Å². The zero-order valence-electron chi connectivity index (χ0n) is 7.42. The van der Waals surface area contributed by atoms with E-state index >= 15 is 0 Å². The van der Waals surface area contributed by atoms with Crippen LogP contribution < -0.4 is 4.90 Å². The number of pyridine rings is 1. The van der Waals surface area contributed by atoms with E-state index in [1.807, 2.05) is 0 Å². The van der Waals surface area contributed by atoms with E-state index in [9.17, 15) is 15.0 Å². The van der Waals surface area contributed by atoms with Crippen LogP contribution in [0.3, 0.4) is 0 Å². The van der Waals surface area contributed by atoms with E-state index in [2.05, 4.69) is 4.98 Å². The molecule has 0 bridgehead atoms. The highest BCUT2D eigenvalue weighted by atomic mass is 16.3. The molecule has 1 aromatic rings. The Hall–Kier alpha value is -1.62. The molecule has 0 aliphatic carbocycles. The molecule has 1 unspecified atom stereocenters. The highest BCUT2D eigenvalue weighted by molar-refractivity contribution is 5.96. The van der Waals surface area contributed by atoms with E-state index in [1.54, 1.807) is 6.07 Å². The molecule has 14 heavy (non-hydrogen) atoms. The Morgan fingerprint density at radius 2 is 2.36 bits per heavy atom. The Bertz CT molecular complexity index is 367. The fourth-order valence-corrected chi connectivity index (χ4v) is 1.49. The van der Waals surface area contributed by atoms with Crippen molar-refractivity contribution in [3.8, 4) is 5.75 Å². The lowest BCUT2D eigenvalue weighted by atomic mass is 10.3. The van der Waals surface area contributed by atoms with Crippen LogP contribution in [0, 0.1) is 0 Å². The lowest BCUT2D eigenvalue weighted by molar-refractivity contribution is -0.117. The van der Waals surface area contributed by atoms with Crippen LogP contribution in [0.1, 0.15) is 6.42 Å². The number of anilines is 1. The predicted octanol–water partition coefficient (Wildman–Crippen LogP) is -0.115. The summed E-state index contributed by atoms with van der Waals surface area (Å²) >= 11 is 0. The minimum atomic E-state index is -0.663. The number of aliphatic hydroxyl groups excluding tert-OH is 1. The first-order chi connectivity index (χ1) is 6.68. The summed E-state index contributed by atoms with van der Waals surface area (Å²) in [6, 6.07) is 3.04. The Balaban J connectivity index is 2.32. The van der Waals surface area contributed by atoms with Gasteiger partial charge < -0.3 is 10.2 Å². The highest BCUT2D eigenvalue weighted by Crippen LogP contribution is 2.27. The lowest BCUT2D eigenvalue weighted by Gasteiger charge is -2.15. The second-order valence-corrected chi connectivity index (χ2v) is 3.21. The van der Waals surface area contributed by atoms with Crippen molar-refractivity contribution in [3.05, 3.63) is 18.3 Å². The second kappa shape index (κ2) is 3.26. The number of aromatic nitrogens is 1. The number of aromatic hydroxyl groups is 1. The number of carbonyl (C=O) groups is 1. The summed E-state index contributed by atoms with van der Waals surface area (Å²) in [6.45, 7) is 0.198. The summed E-state index contributed by atoms with van der Waals surface area (Å²) in [5.41, 5.74) is 0. The molecule has 0 spiro atoms. The molecule has 0 aromatic carbocycles. The first-order valence-electron chi connectivity index (χ1n) is 4.31. The van der Waals surface area contributed by atoms with Crippen molar-refractivity contribution in [3.63, 3.8) is 0 Å². The quantitative estimate of drug-likeness (QED) is 0.654. The van der Waals surface area contributed by atoms with Crippen molar-refractivity contribution in [1.82, 2.24) is 4.98 Å². The van der Waals surface area contributed by atoms with Crippen LogP contribution in [0.4, 0.5) is 5.82 Å².